The van der Waals surface area contributed by atoms with Crippen molar-refractivity contribution in [2.24, 2.45) is 28.6 Å². The van der Waals surface area contributed by atoms with Crippen molar-refractivity contribution in [2.45, 2.75) is 76.1 Å². The normalized spacial score (nSPS) is 59.5. The van der Waals surface area contributed by atoms with Gasteiger partial charge in [0.2, 0.25) is 0 Å². The standard InChI is InChI=1S/C20H30OS/c1-18-8-5-14(21)11-13(18)3-4-15-16(18)6-9-19(2)17(15)7-10-20(19)12-22-20/h3,14-17,21H,4-12H2,1-2H3/t14-,15-,16+,17+,18+,19+,20+/m1/s1. The number of allylic oxidation sites excluding steroid dienone is 1. The lowest BCUT2D eigenvalue weighted by Gasteiger charge is -2.58. The molecule has 0 amide bonds. The monoisotopic (exact) mass is 318 g/mol. The number of hydrogen-bond acceptors (Lipinski definition) is 2. The Kier molecular flexibility index (Phi) is 2.85. The molecule has 1 spiro atoms. The first kappa shape index (κ1) is 14.4. The molecule has 7 atom stereocenters. The summed E-state index contributed by atoms with van der Waals surface area (Å²) in [4.78, 5) is 0. The van der Waals surface area contributed by atoms with Gasteiger partial charge in [0.25, 0.3) is 0 Å². The summed E-state index contributed by atoms with van der Waals surface area (Å²) >= 11 is 2.28. The van der Waals surface area contributed by atoms with Crippen LogP contribution in [-0.2, 0) is 0 Å². The van der Waals surface area contributed by atoms with Gasteiger partial charge in [-0.2, -0.15) is 11.8 Å². The Morgan fingerprint density at radius 2 is 1.86 bits per heavy atom. The van der Waals surface area contributed by atoms with Crippen LogP contribution in [0, 0.1) is 28.6 Å². The minimum Gasteiger partial charge on any atom is -0.393 e. The van der Waals surface area contributed by atoms with Crippen molar-refractivity contribution in [3.63, 3.8) is 0 Å². The minimum atomic E-state index is -0.0673. The summed E-state index contributed by atoms with van der Waals surface area (Å²) in [5.74, 6) is 4.25. The highest BCUT2D eigenvalue weighted by atomic mass is 32.2. The summed E-state index contributed by atoms with van der Waals surface area (Å²) in [6.45, 7) is 5.19. The quantitative estimate of drug-likeness (QED) is 0.511. The molecule has 3 saturated carbocycles. The van der Waals surface area contributed by atoms with Crippen LogP contribution >= 0.6 is 11.8 Å². The Bertz CT molecular complexity index is 536. The third-order valence-corrected chi connectivity index (χ3v) is 10.5. The van der Waals surface area contributed by atoms with Crippen molar-refractivity contribution in [1.82, 2.24) is 0 Å². The van der Waals surface area contributed by atoms with Crippen molar-refractivity contribution in [3.05, 3.63) is 11.6 Å². The van der Waals surface area contributed by atoms with Crippen molar-refractivity contribution < 1.29 is 5.11 Å². The minimum absolute atomic E-state index is 0.0673. The first-order chi connectivity index (χ1) is 10.5. The molecule has 5 rings (SSSR count). The number of hydrogen-bond donors (Lipinski definition) is 1. The van der Waals surface area contributed by atoms with Gasteiger partial charge in [-0.05, 0) is 80.0 Å². The topological polar surface area (TPSA) is 20.2 Å². The molecule has 0 unspecified atom stereocenters. The van der Waals surface area contributed by atoms with Gasteiger partial charge in [0.05, 0.1) is 6.10 Å². The van der Waals surface area contributed by atoms with Crippen LogP contribution in [0.15, 0.2) is 11.6 Å². The molecule has 5 aliphatic rings. The zero-order valence-electron chi connectivity index (χ0n) is 14.1. The molecule has 0 bridgehead atoms. The van der Waals surface area contributed by atoms with Crippen LogP contribution in [0.4, 0.5) is 0 Å². The SMILES string of the molecule is C[C@]12CC[C@@H](O)CC1=CC[C@@H]1[C@@H]2CC[C@@]2(C)[C@H]1CC[C@]21CS1. The van der Waals surface area contributed by atoms with Crippen molar-refractivity contribution in [3.8, 4) is 0 Å². The van der Waals surface area contributed by atoms with E-state index in [0.29, 0.717) is 15.6 Å². The molecule has 122 valence electrons. The van der Waals surface area contributed by atoms with E-state index in [1.54, 1.807) is 5.57 Å². The van der Waals surface area contributed by atoms with Crippen LogP contribution in [0.25, 0.3) is 0 Å². The first-order valence-electron chi connectivity index (χ1n) is 9.50. The molecular weight excluding hydrogens is 288 g/mol. The molecule has 1 N–H and O–H groups in total. The molecule has 0 aromatic heterocycles. The molecule has 22 heavy (non-hydrogen) atoms. The first-order valence-corrected chi connectivity index (χ1v) is 10.5. The molecule has 0 aromatic carbocycles. The van der Waals surface area contributed by atoms with Gasteiger partial charge in [-0.1, -0.05) is 25.5 Å². The summed E-state index contributed by atoms with van der Waals surface area (Å²) in [6.07, 6.45) is 12.9. The molecule has 1 saturated heterocycles. The fourth-order valence-corrected chi connectivity index (χ4v) is 8.79. The fourth-order valence-electron chi connectivity index (χ4n) is 7.30. The third kappa shape index (κ3) is 1.62. The lowest BCUT2D eigenvalue weighted by molar-refractivity contribution is -0.0397. The van der Waals surface area contributed by atoms with E-state index >= 15 is 0 Å². The molecular formula is C20H30OS. The van der Waals surface area contributed by atoms with Crippen LogP contribution < -0.4 is 0 Å². The van der Waals surface area contributed by atoms with E-state index in [-0.39, 0.29) is 6.10 Å². The second kappa shape index (κ2) is 4.36. The van der Waals surface area contributed by atoms with Crippen molar-refractivity contribution in [2.75, 3.05) is 5.75 Å². The maximum atomic E-state index is 10.1. The maximum Gasteiger partial charge on any atom is 0.0577 e. The van der Waals surface area contributed by atoms with E-state index in [0.717, 1.165) is 30.6 Å². The van der Waals surface area contributed by atoms with Gasteiger partial charge in [0, 0.05) is 10.5 Å². The average molecular weight is 319 g/mol. The molecule has 1 nitrogen and oxygen atoms in total. The number of thioether (sulfide) groups is 1. The largest absolute Gasteiger partial charge is 0.393 e. The number of rotatable bonds is 0. The van der Waals surface area contributed by atoms with Gasteiger partial charge in [-0.15, -0.1) is 0 Å². The van der Waals surface area contributed by atoms with Gasteiger partial charge in [-0.25, -0.2) is 0 Å². The van der Waals surface area contributed by atoms with Crippen LogP contribution in [-0.4, -0.2) is 21.7 Å². The molecule has 4 aliphatic carbocycles. The summed E-state index contributed by atoms with van der Waals surface area (Å²) < 4.78 is 0.691. The predicted octanol–water partition coefficient (Wildman–Crippen LogP) is 4.80. The Labute approximate surface area is 139 Å². The lowest BCUT2D eigenvalue weighted by Crippen LogP contribution is -2.51. The number of fused-ring (bicyclic) bond motifs is 6. The second-order valence-corrected chi connectivity index (χ2v) is 10.8. The van der Waals surface area contributed by atoms with Crippen LogP contribution in [0.5, 0.6) is 0 Å². The van der Waals surface area contributed by atoms with Gasteiger partial charge in [-0.3, -0.25) is 0 Å². The maximum absolute atomic E-state index is 10.1. The van der Waals surface area contributed by atoms with Crippen molar-refractivity contribution >= 4 is 11.8 Å². The summed E-state index contributed by atoms with van der Waals surface area (Å²) in [5, 5.41) is 10.1. The highest BCUT2D eigenvalue weighted by Gasteiger charge is 2.68. The Morgan fingerprint density at radius 3 is 2.64 bits per heavy atom. The molecule has 4 fully saturated rings. The number of aliphatic hydroxyl groups excluding tert-OH is 1. The smallest absolute Gasteiger partial charge is 0.0577 e. The summed E-state index contributed by atoms with van der Waals surface area (Å²) in [5.41, 5.74) is 2.66. The van der Waals surface area contributed by atoms with E-state index in [4.69, 9.17) is 0 Å². The highest BCUT2D eigenvalue weighted by Crippen LogP contribution is 2.74. The van der Waals surface area contributed by atoms with Gasteiger partial charge < -0.3 is 5.11 Å². The van der Waals surface area contributed by atoms with Gasteiger partial charge in [0.1, 0.15) is 0 Å². The van der Waals surface area contributed by atoms with E-state index in [9.17, 15) is 5.11 Å². The van der Waals surface area contributed by atoms with Crippen LogP contribution in [0.2, 0.25) is 0 Å². The molecule has 0 aromatic rings. The molecule has 1 heterocycles. The molecule has 2 heteroatoms. The predicted molar refractivity (Wildman–Crippen MR) is 92.9 cm³/mol. The average Bonchev–Trinajstić information content (AvgIpc) is 3.22. The lowest BCUT2D eigenvalue weighted by atomic mass is 9.47. The van der Waals surface area contributed by atoms with E-state index in [1.807, 2.05) is 0 Å². The molecule has 0 radical (unpaired) electrons. The van der Waals surface area contributed by atoms with Crippen LogP contribution in [0.1, 0.15) is 65.2 Å². The number of aliphatic hydroxyl groups is 1. The molecule has 1 aliphatic heterocycles. The Hall–Kier alpha value is 0.0500. The van der Waals surface area contributed by atoms with E-state index < -0.39 is 0 Å². The summed E-state index contributed by atoms with van der Waals surface area (Å²) in [6, 6.07) is 0. The zero-order valence-corrected chi connectivity index (χ0v) is 14.9. The second-order valence-electron chi connectivity index (χ2n) is 9.43. The van der Waals surface area contributed by atoms with Gasteiger partial charge in [0.15, 0.2) is 0 Å². The Balaban J connectivity index is 1.51. The fraction of sp³-hybridized carbons (Fsp3) is 0.900. The zero-order chi connectivity index (χ0) is 15.2. The van der Waals surface area contributed by atoms with E-state index in [1.165, 1.54) is 44.3 Å². The summed E-state index contributed by atoms with van der Waals surface area (Å²) in [7, 11) is 0. The van der Waals surface area contributed by atoms with E-state index in [2.05, 4.69) is 31.7 Å². The Morgan fingerprint density at radius 1 is 1.09 bits per heavy atom. The van der Waals surface area contributed by atoms with Crippen molar-refractivity contribution in [1.29, 1.82) is 0 Å². The third-order valence-electron chi connectivity index (χ3n) is 8.86. The highest BCUT2D eigenvalue weighted by molar-refractivity contribution is 8.08. The van der Waals surface area contributed by atoms with Crippen LogP contribution in [0.3, 0.4) is 0 Å². The van der Waals surface area contributed by atoms with Gasteiger partial charge >= 0.3 is 0 Å².